The topological polar surface area (TPSA) is 12.0 Å². The standard InChI is InChI=1S/C17H17F2NS/c18-14-6-2-1-4-12(14)8-10-20-16-9-11-21-17-13(16)5-3-7-15(17)19/h1-7,16,20H,8-11H2. The molecule has 0 radical (unpaired) electrons. The summed E-state index contributed by atoms with van der Waals surface area (Å²) in [4.78, 5) is 0.757. The van der Waals surface area contributed by atoms with Gasteiger partial charge in [0.05, 0.1) is 0 Å². The Morgan fingerprint density at radius 3 is 2.71 bits per heavy atom. The highest BCUT2D eigenvalue weighted by Crippen LogP contribution is 2.37. The highest BCUT2D eigenvalue weighted by Gasteiger charge is 2.22. The molecule has 0 bridgehead atoms. The highest BCUT2D eigenvalue weighted by molar-refractivity contribution is 7.99. The van der Waals surface area contributed by atoms with Gasteiger partial charge in [-0.25, -0.2) is 8.78 Å². The third kappa shape index (κ3) is 3.27. The fraction of sp³-hybridized carbons (Fsp3) is 0.294. The van der Waals surface area contributed by atoms with Gasteiger partial charge in [0.15, 0.2) is 0 Å². The molecule has 21 heavy (non-hydrogen) atoms. The second-order valence-electron chi connectivity index (χ2n) is 5.14. The van der Waals surface area contributed by atoms with Crippen molar-refractivity contribution < 1.29 is 8.78 Å². The monoisotopic (exact) mass is 305 g/mol. The van der Waals surface area contributed by atoms with Crippen LogP contribution in [0.15, 0.2) is 47.4 Å². The first kappa shape index (κ1) is 14.5. The number of nitrogens with one attached hydrogen (secondary N) is 1. The zero-order valence-electron chi connectivity index (χ0n) is 11.6. The minimum Gasteiger partial charge on any atom is -0.310 e. The maximum atomic E-state index is 13.8. The fourth-order valence-corrected chi connectivity index (χ4v) is 3.82. The second-order valence-corrected chi connectivity index (χ2v) is 6.25. The highest BCUT2D eigenvalue weighted by atomic mass is 32.2. The van der Waals surface area contributed by atoms with E-state index in [1.165, 1.54) is 12.1 Å². The van der Waals surface area contributed by atoms with Crippen LogP contribution in [-0.2, 0) is 6.42 Å². The molecule has 2 aromatic rings. The van der Waals surface area contributed by atoms with Crippen molar-refractivity contribution in [2.45, 2.75) is 23.8 Å². The van der Waals surface area contributed by atoms with Gasteiger partial charge >= 0.3 is 0 Å². The van der Waals surface area contributed by atoms with Gasteiger partial charge in [-0.3, -0.25) is 0 Å². The predicted octanol–water partition coefficient (Wildman–Crippen LogP) is 4.33. The fourth-order valence-electron chi connectivity index (χ4n) is 2.68. The Balaban J connectivity index is 1.65. The number of rotatable bonds is 4. The molecule has 1 aliphatic rings. The zero-order chi connectivity index (χ0) is 14.7. The van der Waals surface area contributed by atoms with Crippen LogP contribution in [0.5, 0.6) is 0 Å². The minimum absolute atomic E-state index is 0.141. The zero-order valence-corrected chi connectivity index (χ0v) is 12.4. The second kappa shape index (κ2) is 6.58. The molecule has 1 aliphatic heterocycles. The Kier molecular flexibility index (Phi) is 4.56. The van der Waals surface area contributed by atoms with Crippen LogP contribution in [-0.4, -0.2) is 12.3 Å². The summed E-state index contributed by atoms with van der Waals surface area (Å²) in [5.41, 5.74) is 1.74. The molecule has 0 saturated carbocycles. The van der Waals surface area contributed by atoms with Crippen molar-refractivity contribution in [2.24, 2.45) is 0 Å². The van der Waals surface area contributed by atoms with E-state index in [-0.39, 0.29) is 17.7 Å². The van der Waals surface area contributed by atoms with E-state index in [1.54, 1.807) is 30.0 Å². The van der Waals surface area contributed by atoms with Crippen LogP contribution in [0.1, 0.15) is 23.6 Å². The number of thioether (sulfide) groups is 1. The third-order valence-electron chi connectivity index (χ3n) is 3.77. The first-order chi connectivity index (χ1) is 10.3. The van der Waals surface area contributed by atoms with Crippen LogP contribution in [0, 0.1) is 11.6 Å². The Morgan fingerprint density at radius 1 is 1.05 bits per heavy atom. The molecule has 2 aromatic carbocycles. The number of fused-ring (bicyclic) bond motifs is 1. The van der Waals surface area contributed by atoms with Crippen molar-refractivity contribution >= 4 is 11.8 Å². The molecule has 4 heteroatoms. The van der Waals surface area contributed by atoms with E-state index in [4.69, 9.17) is 0 Å². The van der Waals surface area contributed by atoms with Gasteiger partial charge in [0.2, 0.25) is 0 Å². The van der Waals surface area contributed by atoms with Gasteiger partial charge in [0, 0.05) is 10.9 Å². The molecule has 1 N–H and O–H groups in total. The van der Waals surface area contributed by atoms with E-state index < -0.39 is 0 Å². The maximum Gasteiger partial charge on any atom is 0.137 e. The normalized spacial score (nSPS) is 17.5. The van der Waals surface area contributed by atoms with Crippen LogP contribution in [0.2, 0.25) is 0 Å². The number of hydrogen-bond acceptors (Lipinski definition) is 2. The molecule has 0 amide bonds. The Labute approximate surface area is 127 Å². The van der Waals surface area contributed by atoms with Crippen molar-refractivity contribution in [2.75, 3.05) is 12.3 Å². The Bertz CT molecular complexity index is 630. The Morgan fingerprint density at radius 2 is 1.86 bits per heavy atom. The lowest BCUT2D eigenvalue weighted by molar-refractivity contribution is 0.496. The van der Waals surface area contributed by atoms with Crippen molar-refractivity contribution in [3.05, 3.63) is 65.2 Å². The molecule has 0 aromatic heterocycles. The van der Waals surface area contributed by atoms with Crippen molar-refractivity contribution in [1.82, 2.24) is 5.32 Å². The summed E-state index contributed by atoms with van der Waals surface area (Å²) in [6.45, 7) is 0.687. The minimum atomic E-state index is -0.162. The van der Waals surface area contributed by atoms with Gasteiger partial charge in [-0.2, -0.15) is 0 Å². The first-order valence-corrected chi connectivity index (χ1v) is 8.12. The van der Waals surface area contributed by atoms with Crippen LogP contribution in [0.3, 0.4) is 0 Å². The summed E-state index contributed by atoms with van der Waals surface area (Å²) in [6.07, 6.45) is 1.61. The first-order valence-electron chi connectivity index (χ1n) is 7.13. The number of hydrogen-bond donors (Lipinski definition) is 1. The molecule has 1 atom stereocenters. The van der Waals surface area contributed by atoms with Gasteiger partial charge in [0.1, 0.15) is 11.6 Å². The van der Waals surface area contributed by atoms with Gasteiger partial charge < -0.3 is 5.32 Å². The van der Waals surface area contributed by atoms with E-state index in [1.807, 2.05) is 12.1 Å². The lowest BCUT2D eigenvalue weighted by Gasteiger charge is -2.26. The largest absolute Gasteiger partial charge is 0.310 e. The molecule has 1 unspecified atom stereocenters. The summed E-state index contributed by atoms with van der Waals surface area (Å²) in [6, 6.07) is 12.2. The molecule has 0 aliphatic carbocycles. The number of benzene rings is 2. The predicted molar refractivity (Wildman–Crippen MR) is 82.6 cm³/mol. The van der Waals surface area contributed by atoms with E-state index in [2.05, 4.69) is 5.32 Å². The number of halogens is 2. The molecule has 0 spiro atoms. The summed E-state index contributed by atoms with van der Waals surface area (Å²) in [5.74, 6) is 0.605. The van der Waals surface area contributed by atoms with E-state index >= 15 is 0 Å². The Hall–Kier alpha value is -1.39. The van der Waals surface area contributed by atoms with E-state index in [9.17, 15) is 8.78 Å². The van der Waals surface area contributed by atoms with Gasteiger partial charge in [-0.1, -0.05) is 30.3 Å². The average molecular weight is 305 g/mol. The third-order valence-corrected chi connectivity index (χ3v) is 4.93. The summed E-state index contributed by atoms with van der Waals surface area (Å²) in [5, 5.41) is 3.43. The van der Waals surface area contributed by atoms with E-state index in [0.717, 1.165) is 28.2 Å². The van der Waals surface area contributed by atoms with Crippen molar-refractivity contribution in [3.63, 3.8) is 0 Å². The maximum absolute atomic E-state index is 13.8. The van der Waals surface area contributed by atoms with Crippen LogP contribution < -0.4 is 5.32 Å². The smallest absolute Gasteiger partial charge is 0.137 e. The molecular weight excluding hydrogens is 288 g/mol. The van der Waals surface area contributed by atoms with Crippen molar-refractivity contribution in [3.8, 4) is 0 Å². The quantitative estimate of drug-likeness (QED) is 0.902. The summed E-state index contributed by atoms with van der Waals surface area (Å²) < 4.78 is 27.4. The van der Waals surface area contributed by atoms with Crippen LogP contribution in [0.4, 0.5) is 8.78 Å². The van der Waals surface area contributed by atoms with Crippen LogP contribution >= 0.6 is 11.8 Å². The summed E-state index contributed by atoms with van der Waals surface area (Å²) in [7, 11) is 0. The van der Waals surface area contributed by atoms with Gasteiger partial charge in [-0.15, -0.1) is 11.8 Å². The van der Waals surface area contributed by atoms with E-state index in [0.29, 0.717) is 13.0 Å². The molecular formula is C17H17F2NS. The lowest BCUT2D eigenvalue weighted by atomic mass is 10.0. The molecule has 110 valence electrons. The van der Waals surface area contributed by atoms with Gasteiger partial charge in [-0.05, 0) is 48.4 Å². The molecule has 0 fully saturated rings. The van der Waals surface area contributed by atoms with Gasteiger partial charge in [0.25, 0.3) is 0 Å². The lowest BCUT2D eigenvalue weighted by Crippen LogP contribution is -2.27. The molecule has 0 saturated heterocycles. The SMILES string of the molecule is Fc1ccccc1CCNC1CCSc2c(F)cccc21. The van der Waals surface area contributed by atoms with Crippen LogP contribution in [0.25, 0.3) is 0 Å². The van der Waals surface area contributed by atoms with Crippen molar-refractivity contribution in [1.29, 1.82) is 0 Å². The molecule has 1 nitrogen and oxygen atoms in total. The average Bonchev–Trinajstić information content (AvgIpc) is 2.50. The molecule has 3 rings (SSSR count). The molecule has 1 heterocycles. The summed E-state index contributed by atoms with van der Waals surface area (Å²) >= 11 is 1.58.